The molecule has 0 spiro atoms. The van der Waals surface area contributed by atoms with Crippen LogP contribution in [-0.2, 0) is 0 Å². The molecule has 2 N–H and O–H groups in total. The number of unbranched alkanes of at least 4 members (excludes halogenated alkanes) is 1. The Hall–Kier alpha value is -0.600. The van der Waals surface area contributed by atoms with Gasteiger partial charge >= 0.3 is 0 Å². The minimum absolute atomic E-state index is 0.320. The molecular formula is C14H28O2. The maximum absolute atomic E-state index is 9.35. The van der Waals surface area contributed by atoms with E-state index in [0.29, 0.717) is 0 Å². The molecule has 16 heavy (non-hydrogen) atoms. The number of hydrogen-bond acceptors (Lipinski definition) is 2. The Kier molecular flexibility index (Phi) is 16.0. The van der Waals surface area contributed by atoms with E-state index in [2.05, 4.69) is 0 Å². The zero-order valence-corrected chi connectivity index (χ0v) is 11.2. The van der Waals surface area contributed by atoms with E-state index < -0.39 is 0 Å². The fourth-order valence-electron chi connectivity index (χ4n) is 1.34. The van der Waals surface area contributed by atoms with Crippen molar-refractivity contribution in [2.75, 3.05) is 0 Å². The van der Waals surface area contributed by atoms with E-state index in [-0.39, 0.29) is 12.2 Å². The van der Waals surface area contributed by atoms with Crippen molar-refractivity contribution in [2.24, 2.45) is 0 Å². The van der Waals surface area contributed by atoms with Crippen molar-refractivity contribution in [1.82, 2.24) is 0 Å². The molecule has 0 aromatic carbocycles. The predicted octanol–water partition coefficient (Wildman–Crippen LogP) is 3.45. The average molecular weight is 228 g/mol. The fraction of sp³-hybridized carbons (Fsp3) is 0.714. The molecule has 0 rings (SSSR count). The molecule has 0 aliphatic heterocycles. The largest absolute Gasteiger partial charge is 0.389 e. The molecule has 0 bridgehead atoms. The highest BCUT2D eigenvalue weighted by Crippen LogP contribution is 2.07. The van der Waals surface area contributed by atoms with E-state index in [4.69, 9.17) is 0 Å². The van der Waals surface area contributed by atoms with E-state index >= 15 is 0 Å². The summed E-state index contributed by atoms with van der Waals surface area (Å²) in [7, 11) is 0. The Balaban J connectivity index is 0. The Morgan fingerprint density at radius 2 is 1.12 bits per heavy atom. The molecule has 0 saturated heterocycles. The Morgan fingerprint density at radius 1 is 0.812 bits per heavy atom. The van der Waals surface area contributed by atoms with Crippen LogP contribution in [0.5, 0.6) is 0 Å². The van der Waals surface area contributed by atoms with Crippen molar-refractivity contribution in [3.05, 3.63) is 24.3 Å². The Labute approximate surface area is 101 Å². The number of rotatable bonds is 7. The summed E-state index contributed by atoms with van der Waals surface area (Å²) in [6.45, 7) is 7.80. The molecule has 0 aromatic rings. The van der Waals surface area contributed by atoms with Gasteiger partial charge in [-0.1, -0.05) is 51.0 Å². The van der Waals surface area contributed by atoms with E-state index in [1.54, 1.807) is 12.2 Å². The maximum Gasteiger partial charge on any atom is 0.0720 e. The van der Waals surface area contributed by atoms with Gasteiger partial charge in [-0.05, 0) is 26.7 Å². The lowest BCUT2D eigenvalue weighted by Crippen LogP contribution is -2.04. The summed E-state index contributed by atoms with van der Waals surface area (Å²) in [5.74, 6) is 0. The highest BCUT2D eigenvalue weighted by Gasteiger charge is 2.01. The number of hydrogen-bond donors (Lipinski definition) is 2. The van der Waals surface area contributed by atoms with Gasteiger partial charge in [0.2, 0.25) is 0 Å². The van der Waals surface area contributed by atoms with Crippen molar-refractivity contribution in [1.29, 1.82) is 0 Å². The van der Waals surface area contributed by atoms with Gasteiger partial charge < -0.3 is 10.2 Å². The third-order valence-corrected chi connectivity index (χ3v) is 2.08. The summed E-state index contributed by atoms with van der Waals surface area (Å²) < 4.78 is 0. The van der Waals surface area contributed by atoms with Gasteiger partial charge in [0.15, 0.2) is 0 Å². The van der Waals surface area contributed by atoms with Crippen LogP contribution >= 0.6 is 0 Å². The first-order valence-corrected chi connectivity index (χ1v) is 6.32. The molecule has 0 amide bonds. The summed E-state index contributed by atoms with van der Waals surface area (Å²) in [5.41, 5.74) is 0. The predicted molar refractivity (Wildman–Crippen MR) is 71.5 cm³/mol. The van der Waals surface area contributed by atoms with Crippen LogP contribution in [0.15, 0.2) is 24.3 Å². The lowest BCUT2D eigenvalue weighted by Gasteiger charge is -2.07. The average Bonchev–Trinajstić information content (AvgIpc) is 2.28. The van der Waals surface area contributed by atoms with Crippen molar-refractivity contribution < 1.29 is 10.2 Å². The molecular weight excluding hydrogens is 200 g/mol. The smallest absolute Gasteiger partial charge is 0.0720 e. The first-order valence-electron chi connectivity index (χ1n) is 6.32. The van der Waals surface area contributed by atoms with Crippen LogP contribution in [0.4, 0.5) is 0 Å². The van der Waals surface area contributed by atoms with Crippen molar-refractivity contribution in [2.45, 2.75) is 65.6 Å². The lowest BCUT2D eigenvalue weighted by molar-refractivity contribution is 0.191. The number of aliphatic hydroxyl groups excluding tert-OH is 2. The lowest BCUT2D eigenvalue weighted by atomic mass is 10.1. The highest BCUT2D eigenvalue weighted by atomic mass is 16.3. The molecule has 0 saturated carbocycles. The topological polar surface area (TPSA) is 40.5 Å². The van der Waals surface area contributed by atoms with Crippen LogP contribution in [-0.4, -0.2) is 22.4 Å². The monoisotopic (exact) mass is 228 g/mol. The van der Waals surface area contributed by atoms with Gasteiger partial charge in [0.1, 0.15) is 0 Å². The Morgan fingerprint density at radius 3 is 1.38 bits per heavy atom. The molecule has 2 atom stereocenters. The van der Waals surface area contributed by atoms with Gasteiger partial charge in [0.05, 0.1) is 12.2 Å². The van der Waals surface area contributed by atoms with Crippen molar-refractivity contribution in [3.8, 4) is 0 Å². The molecule has 2 unspecified atom stereocenters. The molecule has 0 heterocycles. The van der Waals surface area contributed by atoms with Crippen molar-refractivity contribution in [3.63, 3.8) is 0 Å². The normalized spacial score (nSPS) is 14.9. The first kappa shape index (κ1) is 17.8. The standard InChI is InChI=1S/C12H22O2.C2H6/c1-3-7-11(13)9-5-6-10-12(14)8-4-2;1-2/h3-4,7-8,11-14H,5-6,9-10H2,1-2H3;1-2H3/b7-3+,8-4+;. The summed E-state index contributed by atoms with van der Waals surface area (Å²) in [6.07, 6.45) is 10.2. The van der Waals surface area contributed by atoms with Crippen LogP contribution in [0, 0.1) is 0 Å². The SMILES string of the molecule is C/C=C/C(O)CCCCC(O)/C=C/C.CC. The molecule has 0 aliphatic rings. The van der Waals surface area contributed by atoms with Crippen LogP contribution in [0.25, 0.3) is 0 Å². The van der Waals surface area contributed by atoms with Crippen molar-refractivity contribution >= 4 is 0 Å². The second-order valence-electron chi connectivity index (χ2n) is 3.47. The Bertz CT molecular complexity index is 154. The molecule has 0 aromatic heterocycles. The fourth-order valence-corrected chi connectivity index (χ4v) is 1.34. The van der Waals surface area contributed by atoms with Gasteiger partial charge in [-0.2, -0.15) is 0 Å². The third kappa shape index (κ3) is 13.4. The molecule has 0 aliphatic carbocycles. The van der Waals surface area contributed by atoms with Crippen LogP contribution in [0.1, 0.15) is 53.4 Å². The zero-order valence-electron chi connectivity index (χ0n) is 11.2. The van der Waals surface area contributed by atoms with Gasteiger partial charge in [-0.25, -0.2) is 0 Å². The highest BCUT2D eigenvalue weighted by molar-refractivity contribution is 4.86. The maximum atomic E-state index is 9.35. The summed E-state index contributed by atoms with van der Waals surface area (Å²) in [4.78, 5) is 0. The van der Waals surface area contributed by atoms with E-state index in [0.717, 1.165) is 25.7 Å². The first-order chi connectivity index (χ1) is 7.70. The van der Waals surface area contributed by atoms with Crippen LogP contribution in [0.2, 0.25) is 0 Å². The summed E-state index contributed by atoms with van der Waals surface area (Å²) in [6, 6.07) is 0. The molecule has 0 radical (unpaired) electrons. The minimum Gasteiger partial charge on any atom is -0.389 e. The van der Waals surface area contributed by atoms with Gasteiger partial charge in [-0.15, -0.1) is 0 Å². The second-order valence-corrected chi connectivity index (χ2v) is 3.47. The van der Waals surface area contributed by atoms with Crippen LogP contribution < -0.4 is 0 Å². The zero-order chi connectivity index (χ0) is 12.8. The van der Waals surface area contributed by atoms with Gasteiger partial charge in [-0.3, -0.25) is 0 Å². The summed E-state index contributed by atoms with van der Waals surface area (Å²) in [5, 5.41) is 18.7. The third-order valence-electron chi connectivity index (χ3n) is 2.08. The van der Waals surface area contributed by atoms with E-state index in [1.165, 1.54) is 0 Å². The quantitative estimate of drug-likeness (QED) is 0.517. The van der Waals surface area contributed by atoms with Crippen LogP contribution in [0.3, 0.4) is 0 Å². The molecule has 2 nitrogen and oxygen atoms in total. The van der Waals surface area contributed by atoms with Gasteiger partial charge in [0, 0.05) is 0 Å². The summed E-state index contributed by atoms with van der Waals surface area (Å²) >= 11 is 0. The number of allylic oxidation sites excluding steroid dienone is 2. The molecule has 2 heteroatoms. The number of aliphatic hydroxyl groups is 2. The van der Waals surface area contributed by atoms with Gasteiger partial charge in [0.25, 0.3) is 0 Å². The second kappa shape index (κ2) is 14.4. The van der Waals surface area contributed by atoms with E-state index in [9.17, 15) is 10.2 Å². The minimum atomic E-state index is -0.320. The van der Waals surface area contributed by atoms with E-state index in [1.807, 2.05) is 39.8 Å². The molecule has 96 valence electrons. The molecule has 0 fully saturated rings.